The summed E-state index contributed by atoms with van der Waals surface area (Å²) in [5, 5.41) is 8.15. The summed E-state index contributed by atoms with van der Waals surface area (Å²) >= 11 is 0. The van der Waals surface area contributed by atoms with Crippen molar-refractivity contribution in [2.75, 3.05) is 27.9 Å². The molecule has 0 aromatic heterocycles. The lowest BCUT2D eigenvalue weighted by Gasteiger charge is -2.15. The molecule has 0 saturated heterocycles. The van der Waals surface area contributed by atoms with Gasteiger partial charge < -0.3 is 19.5 Å². The largest absolute Gasteiger partial charge is 0.497 e. The summed E-state index contributed by atoms with van der Waals surface area (Å²) in [5.41, 5.74) is 1.25. The normalized spacial score (nSPS) is 11.0. The Hall–Kier alpha value is -2.46. The molecule has 0 bridgehead atoms. The molecule has 0 amide bonds. The summed E-state index contributed by atoms with van der Waals surface area (Å²) < 4.78 is 16.4. The van der Waals surface area contributed by atoms with Crippen molar-refractivity contribution in [2.24, 2.45) is 0 Å². The maximum atomic E-state index is 5.52. The number of ether oxygens (including phenoxy) is 3. The minimum Gasteiger partial charge on any atom is -0.497 e. The lowest BCUT2D eigenvalue weighted by atomic mass is 9.96. The first kappa shape index (κ1) is 17.4. The fourth-order valence-electron chi connectivity index (χ4n) is 3.20. The second-order valence-corrected chi connectivity index (χ2v) is 6.05. The average molecular weight is 339 g/mol. The van der Waals surface area contributed by atoms with Crippen LogP contribution in [0.4, 0.5) is 0 Å². The van der Waals surface area contributed by atoms with Gasteiger partial charge in [0.2, 0.25) is 0 Å². The standard InChI is InChI=1S/C21H25NO3/c1-5-8-22-13-15-9-14-6-7-16(23-2)10-17(14)19-12-21(25-4)20(24-3)11-18(15)19/h6-7,9-12,22H,5,8,13H2,1-4H3. The summed E-state index contributed by atoms with van der Waals surface area (Å²) in [5.74, 6) is 2.33. The zero-order chi connectivity index (χ0) is 17.8. The van der Waals surface area contributed by atoms with Crippen molar-refractivity contribution >= 4 is 21.5 Å². The van der Waals surface area contributed by atoms with Crippen LogP contribution in [0.2, 0.25) is 0 Å². The van der Waals surface area contributed by atoms with Crippen molar-refractivity contribution < 1.29 is 14.2 Å². The molecule has 4 nitrogen and oxygen atoms in total. The van der Waals surface area contributed by atoms with Gasteiger partial charge in [-0.25, -0.2) is 0 Å². The second kappa shape index (κ2) is 7.62. The van der Waals surface area contributed by atoms with Gasteiger partial charge in [-0.1, -0.05) is 13.0 Å². The highest BCUT2D eigenvalue weighted by Gasteiger charge is 2.13. The number of nitrogens with one attached hydrogen (secondary N) is 1. The van der Waals surface area contributed by atoms with E-state index in [1.54, 1.807) is 21.3 Å². The van der Waals surface area contributed by atoms with Crippen LogP contribution in [0, 0.1) is 0 Å². The van der Waals surface area contributed by atoms with Gasteiger partial charge in [-0.3, -0.25) is 0 Å². The monoisotopic (exact) mass is 339 g/mol. The smallest absolute Gasteiger partial charge is 0.161 e. The van der Waals surface area contributed by atoms with Crippen molar-refractivity contribution in [2.45, 2.75) is 19.9 Å². The first-order chi connectivity index (χ1) is 12.2. The van der Waals surface area contributed by atoms with Gasteiger partial charge in [-0.05, 0) is 70.4 Å². The highest BCUT2D eigenvalue weighted by Crippen LogP contribution is 2.38. The Morgan fingerprint density at radius 1 is 0.800 bits per heavy atom. The lowest BCUT2D eigenvalue weighted by Crippen LogP contribution is -2.14. The Morgan fingerprint density at radius 2 is 1.52 bits per heavy atom. The second-order valence-electron chi connectivity index (χ2n) is 6.05. The van der Waals surface area contributed by atoms with Crippen LogP contribution in [0.25, 0.3) is 21.5 Å². The van der Waals surface area contributed by atoms with E-state index in [0.29, 0.717) is 0 Å². The fourth-order valence-corrected chi connectivity index (χ4v) is 3.20. The summed E-state index contributed by atoms with van der Waals surface area (Å²) in [6.45, 7) is 3.99. The van der Waals surface area contributed by atoms with Crippen LogP contribution in [-0.2, 0) is 6.54 Å². The van der Waals surface area contributed by atoms with Gasteiger partial charge in [0.05, 0.1) is 21.3 Å². The molecule has 0 fully saturated rings. The topological polar surface area (TPSA) is 39.7 Å². The van der Waals surface area contributed by atoms with Crippen LogP contribution in [0.5, 0.6) is 17.2 Å². The van der Waals surface area contributed by atoms with E-state index < -0.39 is 0 Å². The summed E-state index contributed by atoms with van der Waals surface area (Å²) in [4.78, 5) is 0. The molecule has 0 unspecified atom stereocenters. The molecule has 0 aliphatic heterocycles. The Labute approximate surface area is 148 Å². The van der Waals surface area contributed by atoms with E-state index in [4.69, 9.17) is 14.2 Å². The molecule has 0 spiro atoms. The molecule has 25 heavy (non-hydrogen) atoms. The Kier molecular flexibility index (Phi) is 5.29. The molecule has 132 valence electrons. The SMILES string of the molecule is CCCNCc1cc2ccc(OC)cc2c2cc(OC)c(OC)cc12. The van der Waals surface area contributed by atoms with Crippen LogP contribution < -0.4 is 19.5 Å². The molecular formula is C21H25NO3. The highest BCUT2D eigenvalue weighted by atomic mass is 16.5. The van der Waals surface area contributed by atoms with Crippen molar-refractivity contribution in [3.63, 3.8) is 0 Å². The number of fused-ring (bicyclic) bond motifs is 3. The van der Waals surface area contributed by atoms with Gasteiger partial charge in [0.15, 0.2) is 11.5 Å². The van der Waals surface area contributed by atoms with Crippen LogP contribution in [0.15, 0.2) is 36.4 Å². The maximum absolute atomic E-state index is 5.52. The Bertz CT molecular complexity index is 889. The van der Waals surface area contributed by atoms with E-state index in [-0.39, 0.29) is 0 Å². The van der Waals surface area contributed by atoms with Gasteiger partial charge >= 0.3 is 0 Å². The van der Waals surface area contributed by atoms with Crippen LogP contribution in [-0.4, -0.2) is 27.9 Å². The van der Waals surface area contributed by atoms with Gasteiger partial charge in [-0.2, -0.15) is 0 Å². The Morgan fingerprint density at radius 3 is 2.16 bits per heavy atom. The van der Waals surface area contributed by atoms with E-state index in [0.717, 1.165) is 47.5 Å². The van der Waals surface area contributed by atoms with Gasteiger partial charge in [0.1, 0.15) is 5.75 Å². The van der Waals surface area contributed by atoms with Crippen LogP contribution in [0.3, 0.4) is 0 Å². The minimum absolute atomic E-state index is 0.734. The predicted octanol–water partition coefficient (Wildman–Crippen LogP) is 4.52. The molecule has 0 atom stereocenters. The molecular weight excluding hydrogens is 314 g/mol. The molecule has 3 aromatic rings. The number of rotatable bonds is 7. The number of methoxy groups -OCH3 is 3. The third kappa shape index (κ3) is 3.35. The first-order valence-corrected chi connectivity index (χ1v) is 8.57. The number of hydrogen-bond acceptors (Lipinski definition) is 4. The van der Waals surface area contributed by atoms with E-state index in [1.807, 2.05) is 6.07 Å². The van der Waals surface area contributed by atoms with Crippen molar-refractivity contribution in [1.29, 1.82) is 0 Å². The summed E-state index contributed by atoms with van der Waals surface area (Å²) in [6, 6.07) is 12.5. The van der Waals surface area contributed by atoms with Crippen molar-refractivity contribution in [3.8, 4) is 17.2 Å². The molecule has 3 rings (SSSR count). The summed E-state index contributed by atoms with van der Waals surface area (Å²) in [6.07, 6.45) is 1.11. The lowest BCUT2D eigenvalue weighted by molar-refractivity contribution is 0.356. The first-order valence-electron chi connectivity index (χ1n) is 8.57. The van der Waals surface area contributed by atoms with Gasteiger partial charge in [-0.15, -0.1) is 0 Å². The minimum atomic E-state index is 0.734. The molecule has 0 aliphatic carbocycles. The summed E-state index contributed by atoms with van der Waals surface area (Å²) in [7, 11) is 5.03. The highest BCUT2D eigenvalue weighted by molar-refractivity contribution is 6.10. The van der Waals surface area contributed by atoms with Gasteiger partial charge in [0.25, 0.3) is 0 Å². The molecule has 0 radical (unpaired) electrons. The van der Waals surface area contributed by atoms with E-state index in [2.05, 4.69) is 42.6 Å². The Balaban J connectivity index is 2.29. The third-order valence-electron chi connectivity index (χ3n) is 4.49. The molecule has 4 heteroatoms. The number of hydrogen-bond donors (Lipinski definition) is 1. The number of benzene rings is 3. The van der Waals surface area contributed by atoms with E-state index >= 15 is 0 Å². The zero-order valence-corrected chi connectivity index (χ0v) is 15.3. The van der Waals surface area contributed by atoms with E-state index in [1.165, 1.54) is 16.3 Å². The molecule has 3 aromatic carbocycles. The molecule has 1 N–H and O–H groups in total. The average Bonchev–Trinajstić information content (AvgIpc) is 2.66. The van der Waals surface area contributed by atoms with Crippen molar-refractivity contribution in [3.05, 3.63) is 42.0 Å². The van der Waals surface area contributed by atoms with E-state index in [9.17, 15) is 0 Å². The third-order valence-corrected chi connectivity index (χ3v) is 4.49. The quantitative estimate of drug-likeness (QED) is 0.507. The van der Waals surface area contributed by atoms with Crippen LogP contribution >= 0.6 is 0 Å². The van der Waals surface area contributed by atoms with Crippen molar-refractivity contribution in [1.82, 2.24) is 5.32 Å². The predicted molar refractivity (Wildman–Crippen MR) is 103 cm³/mol. The molecule has 0 aliphatic rings. The zero-order valence-electron chi connectivity index (χ0n) is 15.3. The fraction of sp³-hybridized carbons (Fsp3) is 0.333. The maximum Gasteiger partial charge on any atom is 0.161 e. The molecule has 0 heterocycles. The van der Waals surface area contributed by atoms with Crippen LogP contribution in [0.1, 0.15) is 18.9 Å². The van der Waals surface area contributed by atoms with Gasteiger partial charge in [0, 0.05) is 6.54 Å². The molecule has 0 saturated carbocycles.